The van der Waals surface area contributed by atoms with Gasteiger partial charge in [0, 0.05) is 32.8 Å². The number of allylic oxidation sites excluding steroid dienone is 2. The second kappa shape index (κ2) is 4.90. The molecule has 2 bridgehead atoms. The van der Waals surface area contributed by atoms with Crippen molar-refractivity contribution in [1.29, 1.82) is 0 Å². The van der Waals surface area contributed by atoms with E-state index in [1.54, 1.807) is 4.57 Å². The largest absolute Gasteiger partial charge is 0.494 e. The van der Waals surface area contributed by atoms with Crippen molar-refractivity contribution in [3.8, 4) is 17.4 Å². The van der Waals surface area contributed by atoms with E-state index in [2.05, 4.69) is 28.1 Å². The fraction of sp³-hybridized carbons (Fsp3) is 0.200. The normalized spacial score (nSPS) is 21.4. The van der Waals surface area contributed by atoms with E-state index in [0.717, 1.165) is 44.9 Å². The monoisotopic (exact) mass is 381 g/mol. The molecule has 3 aliphatic carbocycles. The van der Waals surface area contributed by atoms with Crippen molar-refractivity contribution in [2.75, 3.05) is 0 Å². The highest BCUT2D eigenvalue weighted by molar-refractivity contribution is 9.10. The van der Waals surface area contributed by atoms with Crippen molar-refractivity contribution in [3.05, 3.63) is 64.1 Å². The average molecular weight is 382 g/mol. The molecule has 0 aliphatic heterocycles. The van der Waals surface area contributed by atoms with Gasteiger partial charge in [-0.1, -0.05) is 52.3 Å². The van der Waals surface area contributed by atoms with Crippen LogP contribution in [0.5, 0.6) is 11.8 Å². The lowest BCUT2D eigenvalue weighted by Gasteiger charge is -2.30. The highest BCUT2D eigenvalue weighted by atomic mass is 79.9. The molecule has 6 rings (SSSR count). The second-order valence-electron chi connectivity index (χ2n) is 6.60. The highest BCUT2D eigenvalue weighted by Crippen LogP contribution is 2.54. The number of nitrogens with zero attached hydrogens (tertiary/aromatic N) is 1. The standard InChI is InChI=1S/C20H16BrNO2/c21-15-9-10-16(14-4-2-1-3-13(14)15)22-19(23)17-11-5-6-12(8-7-11)18(17)20(22)24/h1-6,9-12,23-24H,7-8H2/t11-,12+. The fourth-order valence-corrected chi connectivity index (χ4v) is 4.76. The molecule has 120 valence electrons. The molecule has 1 heterocycles. The summed E-state index contributed by atoms with van der Waals surface area (Å²) in [5, 5.41) is 23.9. The van der Waals surface area contributed by atoms with Crippen molar-refractivity contribution in [2.45, 2.75) is 24.7 Å². The zero-order valence-corrected chi connectivity index (χ0v) is 14.5. The molecule has 0 unspecified atom stereocenters. The van der Waals surface area contributed by atoms with Gasteiger partial charge in [0.05, 0.1) is 5.69 Å². The van der Waals surface area contributed by atoms with Crippen molar-refractivity contribution in [1.82, 2.24) is 4.57 Å². The highest BCUT2D eigenvalue weighted by Gasteiger charge is 2.38. The van der Waals surface area contributed by atoms with Crippen molar-refractivity contribution in [2.24, 2.45) is 0 Å². The minimum atomic E-state index is 0.175. The summed E-state index contributed by atoms with van der Waals surface area (Å²) in [7, 11) is 0. The summed E-state index contributed by atoms with van der Waals surface area (Å²) in [5.74, 6) is 0.765. The number of fused-ring (bicyclic) bond motifs is 2. The third kappa shape index (κ3) is 1.72. The van der Waals surface area contributed by atoms with Gasteiger partial charge in [-0.15, -0.1) is 0 Å². The van der Waals surface area contributed by atoms with Crippen LogP contribution in [0.15, 0.2) is 53.0 Å². The van der Waals surface area contributed by atoms with E-state index in [-0.39, 0.29) is 23.6 Å². The molecule has 24 heavy (non-hydrogen) atoms. The number of hydrogen-bond donors (Lipinski definition) is 2. The molecule has 2 N–H and O–H groups in total. The molecule has 2 aromatic carbocycles. The summed E-state index contributed by atoms with van der Waals surface area (Å²) in [6, 6.07) is 11.9. The van der Waals surface area contributed by atoms with Crippen LogP contribution in [0.1, 0.15) is 35.8 Å². The lowest BCUT2D eigenvalue weighted by Crippen LogP contribution is -2.15. The number of rotatable bonds is 1. The smallest absolute Gasteiger partial charge is 0.202 e. The minimum Gasteiger partial charge on any atom is -0.494 e. The Balaban J connectivity index is 1.84. The lowest BCUT2D eigenvalue weighted by atomic mass is 9.73. The van der Waals surface area contributed by atoms with E-state index in [9.17, 15) is 10.2 Å². The van der Waals surface area contributed by atoms with Crippen molar-refractivity contribution in [3.63, 3.8) is 0 Å². The molecular weight excluding hydrogens is 366 g/mol. The van der Waals surface area contributed by atoms with E-state index < -0.39 is 0 Å². The Morgan fingerprint density at radius 1 is 0.833 bits per heavy atom. The van der Waals surface area contributed by atoms with Crippen LogP contribution in [0.2, 0.25) is 0 Å². The lowest BCUT2D eigenvalue weighted by molar-refractivity contribution is 0.399. The summed E-state index contributed by atoms with van der Waals surface area (Å²) in [4.78, 5) is 0. The van der Waals surface area contributed by atoms with Gasteiger partial charge in [0.25, 0.3) is 0 Å². The summed E-state index contributed by atoms with van der Waals surface area (Å²) in [6.45, 7) is 0. The third-order valence-corrected chi connectivity index (χ3v) is 6.08. The van der Waals surface area contributed by atoms with E-state index in [4.69, 9.17) is 0 Å². The number of hydrogen-bond acceptors (Lipinski definition) is 2. The molecule has 0 radical (unpaired) electrons. The van der Waals surface area contributed by atoms with Gasteiger partial charge in [-0.3, -0.25) is 4.57 Å². The molecule has 3 aliphatic rings. The Bertz CT molecular complexity index is 981. The number of benzene rings is 2. The van der Waals surface area contributed by atoms with E-state index in [1.165, 1.54) is 0 Å². The number of aromatic hydroxyl groups is 2. The first kappa shape index (κ1) is 14.2. The second-order valence-corrected chi connectivity index (χ2v) is 7.45. The van der Waals surface area contributed by atoms with Crippen molar-refractivity contribution >= 4 is 26.7 Å². The molecule has 1 aromatic heterocycles. The number of halogens is 1. The van der Waals surface area contributed by atoms with Gasteiger partial charge < -0.3 is 10.2 Å². The molecule has 4 heteroatoms. The first-order valence-corrected chi connectivity index (χ1v) is 8.98. The summed E-state index contributed by atoms with van der Waals surface area (Å²) in [6.07, 6.45) is 6.40. The molecule has 0 saturated heterocycles. The molecule has 0 spiro atoms. The maximum atomic E-state index is 10.9. The Labute approximate surface area is 148 Å². The summed E-state index contributed by atoms with van der Waals surface area (Å²) in [5.41, 5.74) is 2.61. The van der Waals surface area contributed by atoms with Crippen molar-refractivity contribution < 1.29 is 10.2 Å². The van der Waals surface area contributed by atoms with Crippen LogP contribution in [0.4, 0.5) is 0 Å². The van der Waals surface area contributed by atoms with E-state index in [1.807, 2.05) is 36.4 Å². The first-order chi connectivity index (χ1) is 11.7. The predicted octanol–water partition coefficient (Wildman–Crippen LogP) is 5.34. The van der Waals surface area contributed by atoms with Crippen LogP contribution in [-0.2, 0) is 0 Å². The van der Waals surface area contributed by atoms with Crippen LogP contribution in [0, 0.1) is 0 Å². The SMILES string of the molecule is Oc1c2c(c(O)n1-c1ccc(Br)c3ccccc13)[C@H]1C=C[C@@H]2CC1. The topological polar surface area (TPSA) is 45.4 Å². The fourth-order valence-electron chi connectivity index (χ4n) is 4.28. The molecule has 0 amide bonds. The van der Waals surface area contributed by atoms with Gasteiger partial charge in [0.15, 0.2) is 0 Å². The van der Waals surface area contributed by atoms with Gasteiger partial charge in [-0.2, -0.15) is 0 Å². The third-order valence-electron chi connectivity index (χ3n) is 5.39. The van der Waals surface area contributed by atoms with Gasteiger partial charge in [-0.05, 0) is 30.4 Å². The maximum absolute atomic E-state index is 10.9. The molecule has 3 nitrogen and oxygen atoms in total. The summed E-state index contributed by atoms with van der Waals surface area (Å²) >= 11 is 3.58. The Morgan fingerprint density at radius 3 is 2.00 bits per heavy atom. The number of aromatic nitrogens is 1. The van der Waals surface area contributed by atoms with Crippen LogP contribution in [0.25, 0.3) is 16.5 Å². The molecule has 0 saturated carbocycles. The van der Waals surface area contributed by atoms with Crippen LogP contribution < -0.4 is 0 Å². The molecule has 0 fully saturated rings. The maximum Gasteiger partial charge on any atom is 0.202 e. The van der Waals surface area contributed by atoms with E-state index in [0.29, 0.717) is 0 Å². The van der Waals surface area contributed by atoms with E-state index >= 15 is 0 Å². The van der Waals surface area contributed by atoms with Gasteiger partial charge in [0.2, 0.25) is 11.8 Å². The average Bonchev–Trinajstić information content (AvgIpc) is 2.90. The quantitative estimate of drug-likeness (QED) is 0.559. The van der Waals surface area contributed by atoms with Crippen LogP contribution in [0.3, 0.4) is 0 Å². The molecule has 3 aromatic rings. The Morgan fingerprint density at radius 2 is 1.42 bits per heavy atom. The zero-order chi connectivity index (χ0) is 16.4. The van der Waals surface area contributed by atoms with Crippen LogP contribution in [-0.4, -0.2) is 14.8 Å². The molecule has 2 atom stereocenters. The predicted molar refractivity (Wildman–Crippen MR) is 98.2 cm³/mol. The van der Waals surface area contributed by atoms with Gasteiger partial charge in [0.1, 0.15) is 0 Å². The minimum absolute atomic E-state index is 0.175. The van der Waals surface area contributed by atoms with Crippen LogP contribution >= 0.6 is 15.9 Å². The summed E-state index contributed by atoms with van der Waals surface area (Å²) < 4.78 is 2.61. The van der Waals surface area contributed by atoms with Gasteiger partial charge in [-0.25, -0.2) is 0 Å². The first-order valence-electron chi connectivity index (χ1n) is 8.19. The Hall–Kier alpha value is -2.20. The zero-order valence-electron chi connectivity index (χ0n) is 12.9. The Kier molecular flexibility index (Phi) is 2.89. The molecular formula is C20H16BrNO2. The van der Waals surface area contributed by atoms with Gasteiger partial charge >= 0.3 is 0 Å².